The first-order valence-corrected chi connectivity index (χ1v) is 9.92. The summed E-state index contributed by atoms with van der Waals surface area (Å²) < 4.78 is 5.43. The van der Waals surface area contributed by atoms with Gasteiger partial charge in [-0.15, -0.1) is 6.58 Å². The Morgan fingerprint density at radius 1 is 0.846 bits per heavy atom. The van der Waals surface area contributed by atoms with Crippen LogP contribution in [0.25, 0.3) is 0 Å². The molecule has 0 aliphatic heterocycles. The second-order valence-electron chi connectivity index (χ2n) is 5.74. The SMILES string of the molecule is C=CCCOC(=O)c1ccccc1P(c1ccccc1)c1ccccc1. The number of esters is 1. The summed E-state index contributed by atoms with van der Waals surface area (Å²) in [4.78, 5) is 12.7. The van der Waals surface area contributed by atoms with Crippen LogP contribution in [0.2, 0.25) is 0 Å². The maximum absolute atomic E-state index is 12.7. The molecule has 3 aromatic rings. The minimum absolute atomic E-state index is 0.276. The van der Waals surface area contributed by atoms with Crippen molar-refractivity contribution in [2.75, 3.05) is 6.61 Å². The van der Waals surface area contributed by atoms with E-state index in [1.807, 2.05) is 60.7 Å². The summed E-state index contributed by atoms with van der Waals surface area (Å²) in [6, 6.07) is 28.4. The molecule has 130 valence electrons. The fourth-order valence-electron chi connectivity index (χ4n) is 2.74. The average Bonchev–Trinajstić information content (AvgIpc) is 2.70. The highest BCUT2D eigenvalue weighted by molar-refractivity contribution is 7.80. The van der Waals surface area contributed by atoms with Gasteiger partial charge in [0.1, 0.15) is 0 Å². The van der Waals surface area contributed by atoms with Crippen molar-refractivity contribution in [1.82, 2.24) is 0 Å². The fraction of sp³-hybridized carbons (Fsp3) is 0.0870. The van der Waals surface area contributed by atoms with Gasteiger partial charge in [-0.05, 0) is 36.3 Å². The van der Waals surface area contributed by atoms with E-state index in [4.69, 9.17) is 4.74 Å². The van der Waals surface area contributed by atoms with E-state index in [2.05, 4.69) is 30.8 Å². The smallest absolute Gasteiger partial charge is 0.338 e. The molecule has 0 radical (unpaired) electrons. The summed E-state index contributed by atoms with van der Waals surface area (Å²) in [5.74, 6) is -0.276. The van der Waals surface area contributed by atoms with Gasteiger partial charge in [-0.3, -0.25) is 0 Å². The minimum Gasteiger partial charge on any atom is -0.462 e. The van der Waals surface area contributed by atoms with Crippen LogP contribution in [-0.4, -0.2) is 12.6 Å². The van der Waals surface area contributed by atoms with Crippen molar-refractivity contribution in [3.8, 4) is 0 Å². The highest BCUT2D eigenvalue weighted by Gasteiger charge is 2.22. The van der Waals surface area contributed by atoms with Gasteiger partial charge in [-0.2, -0.15) is 0 Å². The monoisotopic (exact) mass is 360 g/mol. The highest BCUT2D eigenvalue weighted by atomic mass is 31.1. The number of hydrogen-bond donors (Lipinski definition) is 0. The zero-order valence-electron chi connectivity index (χ0n) is 14.5. The summed E-state index contributed by atoms with van der Waals surface area (Å²) in [5.41, 5.74) is 0.635. The van der Waals surface area contributed by atoms with E-state index in [0.29, 0.717) is 18.6 Å². The molecule has 3 rings (SSSR count). The summed E-state index contributed by atoms with van der Waals surface area (Å²) >= 11 is 0. The van der Waals surface area contributed by atoms with Crippen molar-refractivity contribution in [3.63, 3.8) is 0 Å². The highest BCUT2D eigenvalue weighted by Crippen LogP contribution is 2.34. The van der Waals surface area contributed by atoms with Gasteiger partial charge in [0.05, 0.1) is 12.2 Å². The van der Waals surface area contributed by atoms with Crippen LogP contribution in [0.5, 0.6) is 0 Å². The Labute approximate surface area is 155 Å². The zero-order chi connectivity index (χ0) is 18.2. The number of carbonyl (C=O) groups is 1. The normalized spacial score (nSPS) is 10.5. The summed E-state index contributed by atoms with van der Waals surface area (Å²) in [6.07, 6.45) is 2.40. The average molecular weight is 360 g/mol. The van der Waals surface area contributed by atoms with Gasteiger partial charge in [0.15, 0.2) is 0 Å². The molecule has 0 amide bonds. The summed E-state index contributed by atoms with van der Waals surface area (Å²) in [5, 5.41) is 3.43. The van der Waals surface area contributed by atoms with Crippen LogP contribution >= 0.6 is 7.92 Å². The molecule has 26 heavy (non-hydrogen) atoms. The van der Waals surface area contributed by atoms with E-state index >= 15 is 0 Å². The topological polar surface area (TPSA) is 26.3 Å². The van der Waals surface area contributed by atoms with Gasteiger partial charge in [-0.25, -0.2) is 4.79 Å². The lowest BCUT2D eigenvalue weighted by molar-refractivity contribution is 0.0513. The van der Waals surface area contributed by atoms with Crippen LogP contribution < -0.4 is 15.9 Å². The molecular weight excluding hydrogens is 339 g/mol. The molecule has 0 bridgehead atoms. The van der Waals surface area contributed by atoms with Gasteiger partial charge >= 0.3 is 5.97 Å². The third-order valence-corrected chi connectivity index (χ3v) is 6.45. The van der Waals surface area contributed by atoms with Crippen molar-refractivity contribution >= 4 is 29.8 Å². The molecule has 0 aliphatic carbocycles. The Kier molecular flexibility index (Phi) is 6.35. The summed E-state index contributed by atoms with van der Waals surface area (Å²) in [7, 11) is -0.839. The molecule has 0 aromatic heterocycles. The lowest BCUT2D eigenvalue weighted by Gasteiger charge is -2.21. The van der Waals surface area contributed by atoms with E-state index in [-0.39, 0.29) is 5.97 Å². The molecule has 0 atom stereocenters. The molecular formula is C23H21O2P. The van der Waals surface area contributed by atoms with Crippen molar-refractivity contribution in [2.45, 2.75) is 6.42 Å². The van der Waals surface area contributed by atoms with E-state index in [9.17, 15) is 4.79 Å². The number of rotatable bonds is 7. The molecule has 3 aromatic carbocycles. The molecule has 0 unspecified atom stereocenters. The Hall–Kier alpha value is -2.70. The van der Waals surface area contributed by atoms with Gasteiger partial charge in [0.25, 0.3) is 0 Å². The number of benzene rings is 3. The zero-order valence-corrected chi connectivity index (χ0v) is 15.4. The molecule has 2 nitrogen and oxygen atoms in total. The third kappa shape index (κ3) is 4.28. The molecule has 0 fully saturated rings. The van der Waals surface area contributed by atoms with Crippen LogP contribution in [-0.2, 0) is 4.74 Å². The largest absolute Gasteiger partial charge is 0.462 e. The number of ether oxygens (including phenoxy) is 1. The number of hydrogen-bond acceptors (Lipinski definition) is 2. The predicted molar refractivity (Wildman–Crippen MR) is 110 cm³/mol. The Bertz CT molecular complexity index is 820. The lowest BCUT2D eigenvalue weighted by Crippen LogP contribution is -2.26. The molecule has 0 saturated carbocycles. The van der Waals surface area contributed by atoms with E-state index in [0.717, 1.165) is 5.30 Å². The first-order valence-electron chi connectivity index (χ1n) is 8.58. The summed E-state index contributed by atoms with van der Waals surface area (Å²) in [6.45, 7) is 4.02. The van der Waals surface area contributed by atoms with Crippen LogP contribution in [0.1, 0.15) is 16.8 Å². The molecule has 0 aliphatic rings. The predicted octanol–water partition coefficient (Wildman–Crippen LogP) is 4.18. The van der Waals surface area contributed by atoms with Gasteiger partial charge in [0, 0.05) is 0 Å². The van der Waals surface area contributed by atoms with Gasteiger partial charge in [0.2, 0.25) is 0 Å². The Morgan fingerprint density at radius 3 is 1.96 bits per heavy atom. The Balaban J connectivity index is 2.05. The van der Waals surface area contributed by atoms with Crippen molar-refractivity contribution in [2.24, 2.45) is 0 Å². The van der Waals surface area contributed by atoms with Crippen molar-refractivity contribution < 1.29 is 9.53 Å². The third-order valence-electron chi connectivity index (χ3n) is 3.95. The second-order valence-corrected chi connectivity index (χ2v) is 7.92. The molecule has 0 spiro atoms. The first-order chi connectivity index (χ1) is 12.8. The van der Waals surface area contributed by atoms with Crippen molar-refractivity contribution in [3.05, 3.63) is 103 Å². The van der Waals surface area contributed by atoms with E-state index in [1.165, 1.54) is 10.6 Å². The van der Waals surface area contributed by atoms with Crippen LogP contribution in [0.4, 0.5) is 0 Å². The van der Waals surface area contributed by atoms with Crippen molar-refractivity contribution in [1.29, 1.82) is 0 Å². The molecule has 3 heteroatoms. The Morgan fingerprint density at radius 2 is 1.38 bits per heavy atom. The van der Waals surface area contributed by atoms with E-state index < -0.39 is 7.92 Å². The van der Waals surface area contributed by atoms with Crippen LogP contribution in [0.15, 0.2) is 97.6 Å². The first kappa shape index (κ1) is 18.1. The maximum atomic E-state index is 12.7. The standard InChI is InChI=1S/C23H21O2P/c1-2-3-18-25-23(24)21-16-10-11-17-22(21)26(19-12-6-4-7-13-19)20-14-8-5-9-15-20/h2,4-17H,1,3,18H2. The molecule has 0 heterocycles. The van der Waals surface area contributed by atoms with Gasteiger partial charge < -0.3 is 4.74 Å². The second kappa shape index (κ2) is 9.12. The van der Waals surface area contributed by atoms with E-state index in [1.54, 1.807) is 6.08 Å². The molecule has 0 saturated heterocycles. The van der Waals surface area contributed by atoms with Gasteiger partial charge in [-0.1, -0.05) is 84.9 Å². The maximum Gasteiger partial charge on any atom is 0.338 e. The minimum atomic E-state index is -0.839. The lowest BCUT2D eigenvalue weighted by atomic mass is 10.2. The molecule has 0 N–H and O–H groups in total. The quantitative estimate of drug-likeness (QED) is 0.273. The number of carbonyl (C=O) groups excluding carboxylic acids is 1. The fourth-order valence-corrected chi connectivity index (χ4v) is 5.17. The van der Waals surface area contributed by atoms with Crippen LogP contribution in [0.3, 0.4) is 0 Å². The van der Waals surface area contributed by atoms with Crippen LogP contribution in [0, 0.1) is 0 Å².